The zero-order chi connectivity index (χ0) is 13.8. The Hall–Kier alpha value is -1.45. The molecule has 3 N–H and O–H groups in total. The summed E-state index contributed by atoms with van der Waals surface area (Å²) in [5.74, 6) is -2.05. The number of nitrogens with one attached hydrogen (secondary N) is 2. The molecule has 1 unspecified atom stereocenters. The van der Waals surface area contributed by atoms with Crippen molar-refractivity contribution in [3.8, 4) is 0 Å². The molecule has 0 saturated heterocycles. The number of halogens is 3. The van der Waals surface area contributed by atoms with Crippen LogP contribution in [0.25, 0.3) is 0 Å². The number of amides is 1. The van der Waals surface area contributed by atoms with Gasteiger partial charge < -0.3 is 5.32 Å². The fourth-order valence-corrected chi connectivity index (χ4v) is 1.34. The topological polar surface area (TPSA) is 78.4 Å². The van der Waals surface area contributed by atoms with Crippen LogP contribution < -0.4 is 10.0 Å². The molecule has 0 saturated carbocycles. The van der Waals surface area contributed by atoms with E-state index < -0.39 is 23.3 Å². The molecule has 0 bridgehead atoms. The molecule has 100 valence electrons. The van der Waals surface area contributed by atoms with Crippen molar-refractivity contribution in [1.82, 2.24) is 4.72 Å². The van der Waals surface area contributed by atoms with Crippen molar-refractivity contribution in [2.45, 2.75) is 12.7 Å². The highest BCUT2D eigenvalue weighted by molar-refractivity contribution is 7.77. The first-order valence-corrected chi connectivity index (χ1v) is 5.71. The van der Waals surface area contributed by atoms with Crippen LogP contribution >= 0.6 is 0 Å². The van der Waals surface area contributed by atoms with E-state index in [0.717, 1.165) is 0 Å². The minimum atomic E-state index is -4.94. The summed E-state index contributed by atoms with van der Waals surface area (Å²) in [6.07, 6.45) is -4.94. The van der Waals surface area contributed by atoms with Gasteiger partial charge in [0.1, 0.15) is 0 Å². The van der Waals surface area contributed by atoms with Crippen LogP contribution in [0, 0.1) is 0 Å². The molecule has 0 fully saturated rings. The van der Waals surface area contributed by atoms with E-state index >= 15 is 0 Å². The average molecular weight is 282 g/mol. The Bertz CT molecular complexity index is 447. The number of hydrogen-bond donors (Lipinski definition) is 3. The first kappa shape index (κ1) is 14.6. The van der Waals surface area contributed by atoms with Gasteiger partial charge in [-0.15, -0.1) is 0 Å². The highest BCUT2D eigenvalue weighted by atomic mass is 32.2. The molecule has 9 heteroatoms. The predicted molar refractivity (Wildman–Crippen MR) is 58.7 cm³/mol. The molecule has 1 amide bonds. The molecule has 18 heavy (non-hydrogen) atoms. The van der Waals surface area contributed by atoms with Gasteiger partial charge in [0.25, 0.3) is 0 Å². The van der Waals surface area contributed by atoms with Gasteiger partial charge in [-0.2, -0.15) is 13.2 Å². The van der Waals surface area contributed by atoms with Crippen LogP contribution in [0.2, 0.25) is 0 Å². The van der Waals surface area contributed by atoms with Crippen molar-refractivity contribution in [2.75, 3.05) is 5.32 Å². The summed E-state index contributed by atoms with van der Waals surface area (Å²) in [5, 5.41) is 1.68. The quantitative estimate of drug-likeness (QED) is 0.731. The lowest BCUT2D eigenvalue weighted by molar-refractivity contribution is -0.167. The monoisotopic (exact) mass is 282 g/mol. The first-order valence-electron chi connectivity index (χ1n) is 4.60. The van der Waals surface area contributed by atoms with Gasteiger partial charge in [0.05, 0.1) is 0 Å². The third-order valence-electron chi connectivity index (χ3n) is 1.87. The lowest BCUT2D eigenvalue weighted by atomic mass is 10.2. The van der Waals surface area contributed by atoms with Crippen LogP contribution in [0.3, 0.4) is 0 Å². The summed E-state index contributed by atoms with van der Waals surface area (Å²) >= 11 is -2.16. The second kappa shape index (κ2) is 5.94. The Kier molecular flexibility index (Phi) is 4.82. The van der Waals surface area contributed by atoms with Gasteiger partial charge >= 0.3 is 12.1 Å². The summed E-state index contributed by atoms with van der Waals surface area (Å²) in [6, 6.07) is 5.37. The average Bonchev–Trinajstić information content (AvgIpc) is 2.26. The Morgan fingerprint density at radius 1 is 1.28 bits per heavy atom. The van der Waals surface area contributed by atoms with Crippen LogP contribution in [0.1, 0.15) is 5.56 Å². The second-order valence-electron chi connectivity index (χ2n) is 3.22. The number of hydrogen-bond acceptors (Lipinski definition) is 2. The molecule has 0 aliphatic carbocycles. The fraction of sp³-hybridized carbons (Fsp3) is 0.222. The van der Waals surface area contributed by atoms with E-state index in [0.29, 0.717) is 5.56 Å². The van der Waals surface area contributed by atoms with Crippen molar-refractivity contribution in [3.63, 3.8) is 0 Å². The van der Waals surface area contributed by atoms with Crippen molar-refractivity contribution in [3.05, 3.63) is 29.8 Å². The summed E-state index contributed by atoms with van der Waals surface area (Å²) in [6.45, 7) is 0.0800. The van der Waals surface area contributed by atoms with Crippen LogP contribution in [0.4, 0.5) is 18.9 Å². The van der Waals surface area contributed by atoms with Crippen LogP contribution in [0.15, 0.2) is 24.3 Å². The van der Waals surface area contributed by atoms with Gasteiger partial charge in [0.15, 0.2) is 0 Å². The molecular formula is C9H9F3N2O3S. The van der Waals surface area contributed by atoms with Gasteiger partial charge in [-0.1, -0.05) is 12.1 Å². The molecule has 1 rings (SSSR count). The van der Waals surface area contributed by atoms with Crippen LogP contribution in [-0.2, 0) is 22.6 Å². The molecule has 5 nitrogen and oxygen atoms in total. The summed E-state index contributed by atoms with van der Waals surface area (Å²) in [4.78, 5) is 10.6. The first-order chi connectivity index (χ1) is 8.29. The third kappa shape index (κ3) is 4.82. The van der Waals surface area contributed by atoms with E-state index in [1.54, 1.807) is 5.32 Å². The van der Waals surface area contributed by atoms with Crippen molar-refractivity contribution in [1.29, 1.82) is 0 Å². The molecule has 0 aliphatic rings. The fourth-order valence-electron chi connectivity index (χ4n) is 1.05. The van der Waals surface area contributed by atoms with E-state index in [4.69, 9.17) is 4.55 Å². The standard InChI is InChI=1S/C9H9F3N2O3S/c10-9(11,12)8(15)14-7-3-1-6(2-4-7)5-13-18(16)17/h1-4,13H,5H2,(H,14,15)(H,16,17). The van der Waals surface area contributed by atoms with Crippen LogP contribution in [-0.4, -0.2) is 20.8 Å². The number of rotatable bonds is 4. The molecule has 1 aromatic carbocycles. The van der Waals surface area contributed by atoms with E-state index in [1.807, 2.05) is 0 Å². The maximum Gasteiger partial charge on any atom is 0.471 e. The number of benzene rings is 1. The molecule has 0 aliphatic heterocycles. The summed E-state index contributed by atoms with van der Waals surface area (Å²) in [5.41, 5.74) is 0.577. The van der Waals surface area contributed by atoms with E-state index in [1.165, 1.54) is 24.3 Å². The maximum absolute atomic E-state index is 11.9. The smallest absolute Gasteiger partial charge is 0.318 e. The number of alkyl halides is 3. The lowest BCUT2D eigenvalue weighted by Crippen LogP contribution is -2.29. The highest BCUT2D eigenvalue weighted by Gasteiger charge is 2.38. The Balaban J connectivity index is 2.60. The summed E-state index contributed by atoms with van der Waals surface area (Å²) in [7, 11) is 0. The molecular weight excluding hydrogens is 273 g/mol. The largest absolute Gasteiger partial charge is 0.471 e. The normalized spacial score (nSPS) is 13.1. The predicted octanol–water partition coefficient (Wildman–Crippen LogP) is 1.41. The van der Waals surface area contributed by atoms with Crippen LogP contribution in [0.5, 0.6) is 0 Å². The number of carbonyl (C=O) groups is 1. The van der Waals surface area contributed by atoms with E-state index in [-0.39, 0.29) is 12.2 Å². The molecule has 0 aromatic heterocycles. The van der Waals surface area contributed by atoms with Crippen molar-refractivity contribution in [2.24, 2.45) is 0 Å². The minimum absolute atomic E-state index is 0.00815. The lowest BCUT2D eigenvalue weighted by Gasteiger charge is -2.08. The molecule has 0 spiro atoms. The van der Waals surface area contributed by atoms with E-state index in [2.05, 4.69) is 4.72 Å². The molecule has 0 radical (unpaired) electrons. The Morgan fingerprint density at radius 2 is 1.83 bits per heavy atom. The zero-order valence-electron chi connectivity index (χ0n) is 8.82. The SMILES string of the molecule is O=C(Nc1ccc(CNS(=O)O)cc1)C(F)(F)F. The molecule has 1 aromatic rings. The van der Waals surface area contributed by atoms with Gasteiger partial charge in [-0.25, -0.2) is 8.93 Å². The summed E-state index contributed by atoms with van der Waals surface area (Å²) < 4.78 is 56.8. The second-order valence-corrected chi connectivity index (χ2v) is 4.01. The number of anilines is 1. The third-order valence-corrected chi connectivity index (χ3v) is 2.26. The van der Waals surface area contributed by atoms with Crippen molar-refractivity contribution >= 4 is 22.9 Å². The van der Waals surface area contributed by atoms with Crippen molar-refractivity contribution < 1.29 is 26.7 Å². The Labute approximate surface area is 103 Å². The highest BCUT2D eigenvalue weighted by Crippen LogP contribution is 2.18. The molecule has 1 atom stereocenters. The van der Waals surface area contributed by atoms with Gasteiger partial charge in [0.2, 0.25) is 11.3 Å². The Morgan fingerprint density at radius 3 is 2.28 bits per heavy atom. The molecule has 0 heterocycles. The van der Waals surface area contributed by atoms with Gasteiger partial charge in [0, 0.05) is 12.2 Å². The van der Waals surface area contributed by atoms with Gasteiger partial charge in [-0.05, 0) is 17.7 Å². The maximum atomic E-state index is 11.9. The minimum Gasteiger partial charge on any atom is -0.318 e. The van der Waals surface area contributed by atoms with Gasteiger partial charge in [-0.3, -0.25) is 9.35 Å². The van der Waals surface area contributed by atoms with E-state index in [9.17, 15) is 22.2 Å². The zero-order valence-corrected chi connectivity index (χ0v) is 9.64. The number of carbonyl (C=O) groups excluding carboxylic acids is 1.